The van der Waals surface area contributed by atoms with Crippen molar-refractivity contribution < 1.29 is 23.1 Å². The van der Waals surface area contributed by atoms with Gasteiger partial charge in [0, 0.05) is 23.4 Å². The van der Waals surface area contributed by atoms with Crippen molar-refractivity contribution in [3.8, 4) is 11.1 Å². The van der Waals surface area contributed by atoms with Crippen molar-refractivity contribution in [2.24, 2.45) is 5.73 Å². The molecule has 172 valence electrons. The Hall–Kier alpha value is -3.81. The number of nitrogens with one attached hydrogen (secondary N) is 1. The quantitative estimate of drug-likeness (QED) is 0.553. The van der Waals surface area contributed by atoms with Crippen molar-refractivity contribution in [3.63, 3.8) is 0 Å². The number of nitrogens with two attached hydrogens (primary N) is 1. The number of ether oxygens (including phenoxy) is 1. The van der Waals surface area contributed by atoms with Gasteiger partial charge in [0.25, 0.3) is 0 Å². The lowest BCUT2D eigenvalue weighted by atomic mass is 9.94. The lowest BCUT2D eigenvalue weighted by Crippen LogP contribution is -2.36. The maximum absolute atomic E-state index is 13.8. The number of benzene rings is 2. The zero-order valence-electron chi connectivity index (χ0n) is 18.6. The van der Waals surface area contributed by atoms with Gasteiger partial charge in [-0.3, -0.25) is 9.78 Å². The van der Waals surface area contributed by atoms with Crippen molar-refractivity contribution in [1.29, 1.82) is 0 Å². The zero-order chi connectivity index (χ0) is 24.2. The molecular weight excluding hydrogens is 428 g/mol. The fourth-order valence-corrected chi connectivity index (χ4v) is 3.41. The summed E-state index contributed by atoms with van der Waals surface area (Å²) < 4.78 is 33.0. The smallest absolute Gasteiger partial charge is 0.408 e. The molecule has 0 unspecified atom stereocenters. The Morgan fingerprint density at radius 1 is 1.06 bits per heavy atom. The second kappa shape index (κ2) is 9.77. The van der Waals surface area contributed by atoms with Crippen LogP contribution < -0.4 is 11.1 Å². The summed E-state index contributed by atoms with van der Waals surface area (Å²) in [5, 5.41) is 2.76. The number of hydrogen-bond donors (Lipinski definition) is 2. The Morgan fingerprint density at radius 2 is 1.76 bits per heavy atom. The van der Waals surface area contributed by atoms with Crippen molar-refractivity contribution in [2.75, 3.05) is 0 Å². The maximum atomic E-state index is 13.8. The van der Waals surface area contributed by atoms with Crippen LogP contribution in [0.15, 0.2) is 60.8 Å². The molecule has 0 aliphatic heterocycles. The van der Waals surface area contributed by atoms with Crippen LogP contribution in [0.3, 0.4) is 0 Å². The number of carbonyl (C=O) groups is 2. The van der Waals surface area contributed by atoms with Crippen molar-refractivity contribution >= 4 is 12.0 Å². The first-order valence-electron chi connectivity index (χ1n) is 10.3. The van der Waals surface area contributed by atoms with Crippen LogP contribution in [0.4, 0.5) is 13.6 Å². The highest BCUT2D eigenvalue weighted by Crippen LogP contribution is 2.30. The number of amides is 2. The van der Waals surface area contributed by atoms with Crippen molar-refractivity contribution in [3.05, 3.63) is 89.2 Å². The molecule has 8 heteroatoms. The summed E-state index contributed by atoms with van der Waals surface area (Å²) in [6.07, 6.45) is 0.895. The molecule has 1 aromatic heterocycles. The van der Waals surface area contributed by atoms with E-state index in [0.717, 1.165) is 6.07 Å². The van der Waals surface area contributed by atoms with Gasteiger partial charge in [-0.15, -0.1) is 0 Å². The molecule has 0 radical (unpaired) electrons. The first kappa shape index (κ1) is 23.8. The lowest BCUT2D eigenvalue weighted by molar-refractivity contribution is 0.0502. The first-order chi connectivity index (χ1) is 15.5. The third kappa shape index (κ3) is 6.58. The molecule has 3 aromatic rings. The third-order valence-corrected chi connectivity index (χ3v) is 4.68. The van der Waals surface area contributed by atoms with E-state index < -0.39 is 35.3 Å². The summed E-state index contributed by atoms with van der Waals surface area (Å²) in [5.41, 5.74) is 7.02. The van der Waals surface area contributed by atoms with Crippen LogP contribution >= 0.6 is 0 Å². The maximum Gasteiger partial charge on any atom is 0.408 e. The number of aromatic nitrogens is 1. The molecular formula is C25H25F2N3O3. The summed E-state index contributed by atoms with van der Waals surface area (Å²) >= 11 is 0. The van der Waals surface area contributed by atoms with Crippen LogP contribution in [0.5, 0.6) is 0 Å². The van der Waals surface area contributed by atoms with Crippen molar-refractivity contribution in [2.45, 2.75) is 38.8 Å². The second-order valence-electron chi connectivity index (χ2n) is 8.56. The van der Waals surface area contributed by atoms with E-state index in [1.807, 2.05) is 0 Å². The minimum Gasteiger partial charge on any atom is -0.444 e. The topological polar surface area (TPSA) is 94.3 Å². The molecule has 6 nitrogen and oxygen atoms in total. The van der Waals surface area contributed by atoms with Gasteiger partial charge in [-0.25, -0.2) is 13.6 Å². The van der Waals surface area contributed by atoms with Gasteiger partial charge < -0.3 is 15.8 Å². The summed E-state index contributed by atoms with van der Waals surface area (Å²) in [6, 6.07) is 12.6. The Balaban J connectivity index is 2.05. The summed E-state index contributed by atoms with van der Waals surface area (Å²) in [4.78, 5) is 28.7. The molecule has 0 saturated heterocycles. The van der Waals surface area contributed by atoms with E-state index in [1.165, 1.54) is 12.1 Å². The largest absolute Gasteiger partial charge is 0.444 e. The summed E-state index contributed by atoms with van der Waals surface area (Å²) in [6.45, 7) is 5.18. The normalized spacial score (nSPS) is 12.2. The molecule has 0 aliphatic rings. The van der Waals surface area contributed by atoms with Crippen LogP contribution in [0.25, 0.3) is 11.1 Å². The zero-order valence-corrected chi connectivity index (χ0v) is 18.6. The Bertz CT molecular complexity index is 1160. The predicted molar refractivity (Wildman–Crippen MR) is 120 cm³/mol. The van der Waals surface area contributed by atoms with Gasteiger partial charge in [-0.2, -0.15) is 0 Å². The molecule has 1 atom stereocenters. The fraction of sp³-hybridized carbons (Fsp3) is 0.240. The molecule has 0 fully saturated rings. The van der Waals surface area contributed by atoms with E-state index in [0.29, 0.717) is 27.9 Å². The third-order valence-electron chi connectivity index (χ3n) is 4.68. The monoisotopic (exact) mass is 453 g/mol. The minimum absolute atomic E-state index is 0.0491. The van der Waals surface area contributed by atoms with Crippen LogP contribution in [0, 0.1) is 11.6 Å². The molecule has 3 rings (SSSR count). The number of nitrogens with zero attached hydrogens (tertiary/aromatic N) is 1. The van der Waals surface area contributed by atoms with E-state index in [4.69, 9.17) is 10.5 Å². The van der Waals surface area contributed by atoms with Gasteiger partial charge in [0.2, 0.25) is 5.91 Å². The molecule has 0 spiro atoms. The first-order valence-corrected chi connectivity index (χ1v) is 10.3. The van der Waals surface area contributed by atoms with Gasteiger partial charge >= 0.3 is 6.09 Å². The Kier molecular flexibility index (Phi) is 7.06. The highest BCUT2D eigenvalue weighted by Gasteiger charge is 2.24. The average Bonchev–Trinajstić information content (AvgIpc) is 2.71. The van der Waals surface area contributed by atoms with Gasteiger partial charge in [-0.1, -0.05) is 18.2 Å². The van der Waals surface area contributed by atoms with Crippen LogP contribution in [0.1, 0.15) is 48.4 Å². The molecule has 33 heavy (non-hydrogen) atoms. The number of hydrogen-bond acceptors (Lipinski definition) is 4. The van der Waals surface area contributed by atoms with Crippen molar-refractivity contribution in [1.82, 2.24) is 10.3 Å². The molecule has 1 heterocycles. The number of halogens is 2. The molecule has 0 bridgehead atoms. The molecule has 0 aliphatic carbocycles. The highest BCUT2D eigenvalue weighted by molar-refractivity contribution is 5.94. The predicted octanol–water partition coefficient (Wildman–Crippen LogP) is 4.93. The number of pyridine rings is 1. The minimum atomic E-state index is -0.783. The lowest BCUT2D eigenvalue weighted by Gasteiger charge is -2.25. The van der Waals surface area contributed by atoms with Crippen LogP contribution in [0.2, 0.25) is 0 Å². The molecule has 3 N–H and O–H groups in total. The SMILES string of the molecule is CC(C)(C)OC(=O)N[C@@H](Cc1cc(F)cc(F)c1)c1ncccc1-c1cccc(C(N)=O)c1. The summed E-state index contributed by atoms with van der Waals surface area (Å²) in [7, 11) is 0. The van der Waals surface area contributed by atoms with Crippen LogP contribution in [-0.2, 0) is 11.2 Å². The number of carbonyl (C=O) groups excluding carboxylic acids is 2. The van der Waals surface area contributed by atoms with E-state index >= 15 is 0 Å². The Labute approximate surface area is 190 Å². The highest BCUT2D eigenvalue weighted by atomic mass is 19.1. The average molecular weight is 453 g/mol. The molecule has 0 saturated carbocycles. The molecule has 2 amide bonds. The summed E-state index contributed by atoms with van der Waals surface area (Å²) in [5.74, 6) is -2.03. The second-order valence-corrected chi connectivity index (χ2v) is 8.56. The Morgan fingerprint density at radius 3 is 2.39 bits per heavy atom. The molecule has 2 aromatic carbocycles. The number of alkyl carbamates (subject to hydrolysis) is 1. The fourth-order valence-electron chi connectivity index (χ4n) is 3.41. The standard InChI is InChI=1S/C25H25F2N3O3/c1-25(2,3)33-24(32)30-21(12-15-10-18(26)14-19(27)11-15)22-20(8-5-9-29-22)16-6-4-7-17(13-16)23(28)31/h4-11,13-14,21H,12H2,1-3H3,(H2,28,31)(H,30,32)/t21-/m0/s1. The number of rotatable bonds is 6. The van der Waals surface area contributed by atoms with Gasteiger partial charge in [0.1, 0.15) is 17.2 Å². The number of primary amides is 1. The van der Waals surface area contributed by atoms with Crippen LogP contribution in [-0.4, -0.2) is 22.6 Å². The van der Waals surface area contributed by atoms with E-state index in [2.05, 4.69) is 10.3 Å². The van der Waals surface area contributed by atoms with Gasteiger partial charge in [0.15, 0.2) is 0 Å². The van der Waals surface area contributed by atoms with E-state index in [-0.39, 0.29) is 6.42 Å². The van der Waals surface area contributed by atoms with Gasteiger partial charge in [0.05, 0.1) is 11.7 Å². The van der Waals surface area contributed by atoms with E-state index in [9.17, 15) is 18.4 Å². The van der Waals surface area contributed by atoms with E-state index in [1.54, 1.807) is 63.4 Å². The van der Waals surface area contributed by atoms with Gasteiger partial charge in [-0.05, 0) is 68.7 Å².